The predicted octanol–water partition coefficient (Wildman–Crippen LogP) is 1.36. The number of Topliss-reactive ketones (excluding diaryl/α,β-unsaturated/α-hetero) is 1. The molecule has 0 aromatic carbocycles. The van der Waals surface area contributed by atoms with Crippen LogP contribution < -0.4 is 0 Å². The number of carbonyl (C=O) groups excluding carboxylic acids is 1. The standard InChI is InChI=1S/C22H33NO4/c1-13-14-9-16-21(19(13)27,18(26)10-14)6-3-15-20(2)5-4-17(25)22(15,16)12-23(11-20)7-8-24/h14-17,19,24-25,27H,1,3-12H2,2H3. The molecule has 5 heteroatoms. The SMILES string of the molecule is C=C1C2CC(=O)C3(CCC4C5(C)CCC(O)C4(CN(CCO)C5)C3C2)C1O. The smallest absolute Gasteiger partial charge is 0.142 e. The molecule has 27 heavy (non-hydrogen) atoms. The highest BCUT2D eigenvalue weighted by atomic mass is 16.3. The molecule has 0 aromatic heterocycles. The number of ketones is 1. The van der Waals surface area contributed by atoms with E-state index in [2.05, 4.69) is 18.4 Å². The number of rotatable bonds is 2. The number of nitrogens with zero attached hydrogens (tertiary/aromatic N) is 1. The van der Waals surface area contributed by atoms with E-state index in [1.54, 1.807) is 0 Å². The number of hydrogen-bond donors (Lipinski definition) is 3. The lowest BCUT2D eigenvalue weighted by Crippen LogP contribution is -2.76. The quantitative estimate of drug-likeness (QED) is 0.635. The number of fused-ring (bicyclic) bond motifs is 2. The van der Waals surface area contributed by atoms with Crippen LogP contribution >= 0.6 is 0 Å². The summed E-state index contributed by atoms with van der Waals surface area (Å²) in [4.78, 5) is 15.6. The summed E-state index contributed by atoms with van der Waals surface area (Å²) in [5.41, 5.74) is -0.147. The summed E-state index contributed by atoms with van der Waals surface area (Å²) >= 11 is 0. The van der Waals surface area contributed by atoms with Crippen LogP contribution in [0, 0.1) is 34.0 Å². The number of piperidine rings is 1. The van der Waals surface area contributed by atoms with E-state index in [9.17, 15) is 20.1 Å². The molecular weight excluding hydrogens is 342 g/mol. The fraction of sp³-hybridized carbons (Fsp3) is 0.864. The van der Waals surface area contributed by atoms with E-state index >= 15 is 0 Å². The van der Waals surface area contributed by atoms with Gasteiger partial charge in [0.2, 0.25) is 0 Å². The second kappa shape index (κ2) is 5.65. The van der Waals surface area contributed by atoms with Gasteiger partial charge in [-0.05, 0) is 60.8 Å². The number of carbonyl (C=O) groups is 1. The molecule has 6 fully saturated rings. The Labute approximate surface area is 161 Å². The van der Waals surface area contributed by atoms with Crippen LogP contribution in [0.4, 0.5) is 0 Å². The number of β-amino-alcohol motifs (C(OH)–C–C–N with tert-alkyl or cyclic N) is 1. The van der Waals surface area contributed by atoms with Crippen molar-refractivity contribution in [3.05, 3.63) is 12.2 Å². The maximum atomic E-state index is 13.3. The minimum Gasteiger partial charge on any atom is -0.395 e. The van der Waals surface area contributed by atoms with Crippen molar-refractivity contribution in [1.82, 2.24) is 4.90 Å². The molecule has 0 aromatic rings. The summed E-state index contributed by atoms with van der Waals surface area (Å²) in [7, 11) is 0. The lowest BCUT2D eigenvalue weighted by atomic mass is 9.34. The summed E-state index contributed by atoms with van der Waals surface area (Å²) in [6.07, 6.45) is 3.60. The molecule has 1 spiro atoms. The van der Waals surface area contributed by atoms with E-state index in [0.29, 0.717) is 18.9 Å². The maximum Gasteiger partial charge on any atom is 0.142 e. The van der Waals surface area contributed by atoms with Gasteiger partial charge in [0.15, 0.2) is 0 Å². The van der Waals surface area contributed by atoms with Crippen molar-refractivity contribution in [2.45, 2.75) is 57.7 Å². The van der Waals surface area contributed by atoms with Crippen LogP contribution in [0.1, 0.15) is 45.4 Å². The Hall–Kier alpha value is -0.750. The van der Waals surface area contributed by atoms with Crippen molar-refractivity contribution >= 4 is 5.78 Å². The number of likely N-dealkylation sites (tertiary alicyclic amines) is 1. The average molecular weight is 376 g/mol. The molecule has 5 saturated carbocycles. The molecule has 8 atom stereocenters. The first-order chi connectivity index (χ1) is 12.8. The van der Waals surface area contributed by atoms with Gasteiger partial charge in [-0.25, -0.2) is 0 Å². The van der Waals surface area contributed by atoms with E-state index in [1.807, 2.05) is 0 Å². The summed E-state index contributed by atoms with van der Waals surface area (Å²) in [5, 5.41) is 32.1. The molecule has 1 saturated heterocycles. The third kappa shape index (κ3) is 2.02. The molecule has 6 rings (SSSR count). The Morgan fingerprint density at radius 2 is 1.96 bits per heavy atom. The van der Waals surface area contributed by atoms with Crippen LogP contribution in [0.25, 0.3) is 0 Å². The van der Waals surface area contributed by atoms with Gasteiger partial charge in [0.05, 0.1) is 24.2 Å². The number of aliphatic hydroxyl groups is 3. The Morgan fingerprint density at radius 1 is 1.19 bits per heavy atom. The molecule has 0 radical (unpaired) electrons. The van der Waals surface area contributed by atoms with Gasteiger partial charge >= 0.3 is 0 Å². The topological polar surface area (TPSA) is 81.0 Å². The minimum absolute atomic E-state index is 0.0200. The first-order valence-electron chi connectivity index (χ1n) is 10.7. The second-order valence-electron chi connectivity index (χ2n) is 10.5. The summed E-state index contributed by atoms with van der Waals surface area (Å²) in [5.74, 6) is 0.662. The molecule has 1 heterocycles. The zero-order valence-corrected chi connectivity index (χ0v) is 16.4. The van der Waals surface area contributed by atoms with Crippen LogP contribution in [0.3, 0.4) is 0 Å². The molecule has 6 aliphatic rings. The van der Waals surface area contributed by atoms with Gasteiger partial charge < -0.3 is 15.3 Å². The molecule has 4 bridgehead atoms. The fourth-order valence-corrected chi connectivity index (χ4v) is 8.55. The molecule has 1 aliphatic heterocycles. The Balaban J connectivity index is 1.66. The minimum atomic E-state index is -0.758. The van der Waals surface area contributed by atoms with E-state index in [0.717, 1.165) is 50.8 Å². The van der Waals surface area contributed by atoms with Crippen molar-refractivity contribution in [2.24, 2.45) is 34.0 Å². The second-order valence-corrected chi connectivity index (χ2v) is 10.5. The van der Waals surface area contributed by atoms with Crippen molar-refractivity contribution in [2.75, 3.05) is 26.2 Å². The zero-order valence-electron chi connectivity index (χ0n) is 16.4. The summed E-state index contributed by atoms with van der Waals surface area (Å²) in [6.45, 7) is 8.92. The van der Waals surface area contributed by atoms with Crippen molar-refractivity contribution in [1.29, 1.82) is 0 Å². The summed E-state index contributed by atoms with van der Waals surface area (Å²) < 4.78 is 0. The maximum absolute atomic E-state index is 13.3. The summed E-state index contributed by atoms with van der Waals surface area (Å²) in [6, 6.07) is 0. The van der Waals surface area contributed by atoms with Gasteiger partial charge in [0.25, 0.3) is 0 Å². The van der Waals surface area contributed by atoms with Crippen molar-refractivity contribution < 1.29 is 20.1 Å². The molecule has 150 valence electrons. The fourth-order valence-electron chi connectivity index (χ4n) is 8.55. The van der Waals surface area contributed by atoms with Gasteiger partial charge in [-0.2, -0.15) is 0 Å². The van der Waals surface area contributed by atoms with Gasteiger partial charge in [-0.3, -0.25) is 9.69 Å². The van der Waals surface area contributed by atoms with Crippen LogP contribution in [0.15, 0.2) is 12.2 Å². The normalized spacial score (nSPS) is 54.6. The van der Waals surface area contributed by atoms with Crippen LogP contribution in [0.2, 0.25) is 0 Å². The lowest BCUT2D eigenvalue weighted by molar-refractivity contribution is -0.264. The number of aliphatic hydroxyl groups excluding tert-OH is 3. The molecular formula is C22H33NO4. The monoisotopic (exact) mass is 375 g/mol. The van der Waals surface area contributed by atoms with Gasteiger partial charge in [-0.1, -0.05) is 13.5 Å². The lowest BCUT2D eigenvalue weighted by Gasteiger charge is -2.73. The van der Waals surface area contributed by atoms with Crippen LogP contribution in [-0.2, 0) is 4.79 Å². The molecule has 0 amide bonds. The highest BCUT2D eigenvalue weighted by Crippen LogP contribution is 2.72. The number of hydrogen-bond acceptors (Lipinski definition) is 5. The van der Waals surface area contributed by atoms with Crippen LogP contribution in [0.5, 0.6) is 0 Å². The van der Waals surface area contributed by atoms with Crippen LogP contribution in [-0.4, -0.2) is 64.5 Å². The Kier molecular flexibility index (Phi) is 3.83. The van der Waals surface area contributed by atoms with Crippen molar-refractivity contribution in [3.63, 3.8) is 0 Å². The van der Waals surface area contributed by atoms with Gasteiger partial charge in [-0.15, -0.1) is 0 Å². The molecule has 5 aliphatic carbocycles. The zero-order chi connectivity index (χ0) is 19.2. The third-order valence-corrected chi connectivity index (χ3v) is 9.55. The Bertz CT molecular complexity index is 694. The van der Waals surface area contributed by atoms with E-state index in [1.165, 1.54) is 0 Å². The average Bonchev–Trinajstić information content (AvgIpc) is 2.63. The first kappa shape index (κ1) is 18.3. The van der Waals surface area contributed by atoms with E-state index in [-0.39, 0.29) is 35.1 Å². The third-order valence-electron chi connectivity index (χ3n) is 9.55. The largest absolute Gasteiger partial charge is 0.395 e. The highest BCUT2D eigenvalue weighted by molar-refractivity contribution is 5.90. The van der Waals surface area contributed by atoms with E-state index in [4.69, 9.17) is 0 Å². The molecule has 8 unspecified atom stereocenters. The molecule has 3 N–H and O–H groups in total. The first-order valence-corrected chi connectivity index (χ1v) is 10.7. The van der Waals surface area contributed by atoms with Crippen molar-refractivity contribution in [3.8, 4) is 0 Å². The molecule has 5 nitrogen and oxygen atoms in total. The Morgan fingerprint density at radius 3 is 2.70 bits per heavy atom. The predicted molar refractivity (Wildman–Crippen MR) is 101 cm³/mol. The highest BCUT2D eigenvalue weighted by Gasteiger charge is 2.74. The van der Waals surface area contributed by atoms with Gasteiger partial charge in [0, 0.05) is 31.5 Å². The van der Waals surface area contributed by atoms with Gasteiger partial charge in [0.1, 0.15) is 5.78 Å². The van der Waals surface area contributed by atoms with E-state index < -0.39 is 17.6 Å².